The lowest BCUT2D eigenvalue weighted by Gasteiger charge is -2.27. The van der Waals surface area contributed by atoms with E-state index in [-0.39, 0.29) is 18.3 Å². The van der Waals surface area contributed by atoms with Gasteiger partial charge in [0.25, 0.3) is 5.91 Å². The monoisotopic (exact) mass is 352 g/mol. The number of amidine groups is 1. The van der Waals surface area contributed by atoms with E-state index in [1.165, 1.54) is 0 Å². The highest BCUT2D eigenvalue weighted by molar-refractivity contribution is 6.05. The van der Waals surface area contributed by atoms with Crippen molar-refractivity contribution < 1.29 is 14.7 Å². The number of carboxylic acid groups (broad SMARTS) is 1. The maximum absolute atomic E-state index is 12.4. The van der Waals surface area contributed by atoms with Gasteiger partial charge in [-0.3, -0.25) is 19.9 Å². The molecular formula is C19H20N4O3. The Morgan fingerprint density at radius 2 is 1.81 bits per heavy atom. The van der Waals surface area contributed by atoms with Gasteiger partial charge >= 0.3 is 5.97 Å². The molecule has 0 aliphatic carbocycles. The lowest BCUT2D eigenvalue weighted by Crippen LogP contribution is -2.34. The Kier molecular flexibility index (Phi) is 4.99. The molecule has 0 saturated carbocycles. The highest BCUT2D eigenvalue weighted by atomic mass is 16.4. The summed E-state index contributed by atoms with van der Waals surface area (Å²) in [7, 11) is 0. The maximum atomic E-state index is 12.4. The van der Waals surface area contributed by atoms with E-state index >= 15 is 0 Å². The van der Waals surface area contributed by atoms with Crippen LogP contribution < -0.4 is 11.1 Å². The first kappa shape index (κ1) is 17.6. The van der Waals surface area contributed by atoms with E-state index in [1.807, 2.05) is 23.1 Å². The fraction of sp³-hybridized carbons (Fsp3) is 0.211. The second kappa shape index (κ2) is 7.37. The van der Waals surface area contributed by atoms with Crippen LogP contribution in [0, 0.1) is 5.41 Å². The summed E-state index contributed by atoms with van der Waals surface area (Å²) in [6.45, 7) is 1.32. The van der Waals surface area contributed by atoms with Gasteiger partial charge in [0.1, 0.15) is 5.84 Å². The van der Waals surface area contributed by atoms with Crippen LogP contribution in [0.25, 0.3) is 0 Å². The number of nitrogens with zero attached hydrogens (tertiary/aromatic N) is 1. The molecule has 26 heavy (non-hydrogen) atoms. The number of hydrogen-bond acceptors (Lipinski definition) is 4. The van der Waals surface area contributed by atoms with Crippen molar-refractivity contribution >= 4 is 23.4 Å². The van der Waals surface area contributed by atoms with Crippen molar-refractivity contribution in [3.63, 3.8) is 0 Å². The van der Waals surface area contributed by atoms with Crippen LogP contribution in [0.2, 0.25) is 0 Å². The molecule has 0 atom stereocenters. The third-order valence-corrected chi connectivity index (χ3v) is 4.37. The van der Waals surface area contributed by atoms with Crippen LogP contribution >= 0.6 is 0 Å². The molecule has 134 valence electrons. The van der Waals surface area contributed by atoms with Gasteiger partial charge in [0.2, 0.25) is 0 Å². The number of nitrogens with one attached hydrogen (secondary N) is 2. The zero-order valence-electron chi connectivity index (χ0n) is 14.2. The molecule has 3 rings (SSSR count). The van der Waals surface area contributed by atoms with E-state index in [1.54, 1.807) is 24.3 Å². The van der Waals surface area contributed by atoms with Gasteiger partial charge in [-0.1, -0.05) is 18.2 Å². The maximum Gasteiger partial charge on any atom is 0.317 e. The summed E-state index contributed by atoms with van der Waals surface area (Å²) in [6.07, 6.45) is 0.750. The molecule has 2 aromatic rings. The quantitative estimate of drug-likeness (QED) is 0.482. The smallest absolute Gasteiger partial charge is 0.317 e. The first-order valence-electron chi connectivity index (χ1n) is 8.24. The Bertz CT molecular complexity index is 862. The molecule has 1 heterocycles. The van der Waals surface area contributed by atoms with Crippen LogP contribution in [0.1, 0.15) is 27.0 Å². The summed E-state index contributed by atoms with van der Waals surface area (Å²) in [5, 5.41) is 19.1. The largest absolute Gasteiger partial charge is 0.480 e. The average molecular weight is 352 g/mol. The Balaban J connectivity index is 1.68. The number of anilines is 1. The van der Waals surface area contributed by atoms with Crippen LogP contribution in [-0.4, -0.2) is 40.8 Å². The lowest BCUT2D eigenvalue weighted by atomic mass is 9.99. The van der Waals surface area contributed by atoms with E-state index < -0.39 is 5.97 Å². The molecule has 1 aliphatic rings. The zero-order chi connectivity index (χ0) is 18.7. The average Bonchev–Trinajstić information content (AvgIpc) is 2.61. The fourth-order valence-corrected chi connectivity index (χ4v) is 3.02. The minimum Gasteiger partial charge on any atom is -0.480 e. The molecule has 0 bridgehead atoms. The van der Waals surface area contributed by atoms with Gasteiger partial charge < -0.3 is 16.2 Å². The Hall–Kier alpha value is -3.19. The molecule has 1 amide bonds. The summed E-state index contributed by atoms with van der Waals surface area (Å²) >= 11 is 0. The normalized spacial score (nSPS) is 13.7. The molecule has 2 aromatic carbocycles. The number of carbonyl (C=O) groups excluding carboxylic acids is 1. The molecule has 0 fully saturated rings. The van der Waals surface area contributed by atoms with Gasteiger partial charge in [-0.05, 0) is 41.8 Å². The second-order valence-corrected chi connectivity index (χ2v) is 6.28. The van der Waals surface area contributed by atoms with Crippen LogP contribution in [0.3, 0.4) is 0 Å². The first-order chi connectivity index (χ1) is 12.4. The lowest BCUT2D eigenvalue weighted by molar-refractivity contribution is -0.138. The number of aliphatic carboxylic acids is 1. The van der Waals surface area contributed by atoms with Gasteiger partial charge in [0, 0.05) is 29.9 Å². The van der Waals surface area contributed by atoms with Crippen molar-refractivity contribution in [3.05, 3.63) is 64.7 Å². The van der Waals surface area contributed by atoms with Crippen LogP contribution in [-0.2, 0) is 17.8 Å². The van der Waals surface area contributed by atoms with Crippen molar-refractivity contribution in [1.29, 1.82) is 5.41 Å². The number of benzene rings is 2. The molecule has 5 N–H and O–H groups in total. The Labute approximate surface area is 150 Å². The number of carbonyl (C=O) groups is 2. The second-order valence-electron chi connectivity index (χ2n) is 6.28. The van der Waals surface area contributed by atoms with E-state index in [4.69, 9.17) is 16.2 Å². The summed E-state index contributed by atoms with van der Waals surface area (Å²) < 4.78 is 0. The van der Waals surface area contributed by atoms with Crippen molar-refractivity contribution in [2.24, 2.45) is 5.73 Å². The van der Waals surface area contributed by atoms with Crippen molar-refractivity contribution in [1.82, 2.24) is 4.90 Å². The van der Waals surface area contributed by atoms with E-state index in [0.717, 1.165) is 17.5 Å². The first-order valence-corrected chi connectivity index (χ1v) is 8.24. The molecule has 0 saturated heterocycles. The number of nitrogens with two attached hydrogens (primary N) is 1. The van der Waals surface area contributed by atoms with Gasteiger partial charge in [0.05, 0.1) is 6.54 Å². The molecule has 0 radical (unpaired) electrons. The SMILES string of the molecule is N=C(N)c1ccc(C(=O)Nc2ccc3c(c2)CCN(CC(=O)O)C3)cc1. The van der Waals surface area contributed by atoms with E-state index in [9.17, 15) is 9.59 Å². The van der Waals surface area contributed by atoms with Crippen LogP contribution in [0.5, 0.6) is 0 Å². The summed E-state index contributed by atoms with van der Waals surface area (Å²) in [6, 6.07) is 12.2. The number of hydrogen-bond donors (Lipinski definition) is 4. The number of carboxylic acids is 1. The number of rotatable bonds is 5. The van der Waals surface area contributed by atoms with Crippen molar-refractivity contribution in [2.75, 3.05) is 18.4 Å². The fourth-order valence-electron chi connectivity index (χ4n) is 3.02. The Morgan fingerprint density at radius 3 is 2.46 bits per heavy atom. The molecule has 0 unspecified atom stereocenters. The third kappa shape index (κ3) is 4.07. The molecule has 7 nitrogen and oxygen atoms in total. The van der Waals surface area contributed by atoms with Crippen molar-refractivity contribution in [3.8, 4) is 0 Å². The zero-order valence-corrected chi connectivity index (χ0v) is 14.2. The summed E-state index contributed by atoms with van der Waals surface area (Å²) in [5.74, 6) is -1.10. The van der Waals surface area contributed by atoms with Gasteiger partial charge in [-0.15, -0.1) is 0 Å². The summed E-state index contributed by atoms with van der Waals surface area (Å²) in [4.78, 5) is 25.1. The van der Waals surface area contributed by atoms with Crippen LogP contribution in [0.4, 0.5) is 5.69 Å². The number of fused-ring (bicyclic) bond motifs is 1. The van der Waals surface area contributed by atoms with E-state index in [0.29, 0.717) is 29.9 Å². The van der Waals surface area contributed by atoms with E-state index in [2.05, 4.69) is 5.32 Å². The van der Waals surface area contributed by atoms with Gasteiger partial charge in [0.15, 0.2) is 0 Å². The predicted octanol–water partition coefficient (Wildman–Crippen LogP) is 1.67. The topological polar surface area (TPSA) is 120 Å². The highest BCUT2D eigenvalue weighted by Crippen LogP contribution is 2.23. The predicted molar refractivity (Wildman–Crippen MR) is 98.5 cm³/mol. The Morgan fingerprint density at radius 1 is 1.12 bits per heavy atom. The molecule has 7 heteroatoms. The molecule has 1 aliphatic heterocycles. The van der Waals surface area contributed by atoms with Crippen molar-refractivity contribution in [2.45, 2.75) is 13.0 Å². The highest BCUT2D eigenvalue weighted by Gasteiger charge is 2.18. The standard InChI is InChI=1S/C19H20N4O3/c20-18(21)12-1-3-13(4-2-12)19(26)22-16-6-5-15-10-23(11-17(24)25)8-7-14(15)9-16/h1-6,9H,7-8,10-11H2,(H3,20,21)(H,22,26)(H,24,25). The minimum atomic E-state index is -0.826. The number of amides is 1. The van der Waals surface area contributed by atoms with Crippen LogP contribution in [0.15, 0.2) is 42.5 Å². The molecular weight excluding hydrogens is 332 g/mol. The van der Waals surface area contributed by atoms with Gasteiger partial charge in [-0.2, -0.15) is 0 Å². The summed E-state index contributed by atoms with van der Waals surface area (Å²) in [5.41, 5.74) is 9.38. The number of nitrogen functional groups attached to an aromatic ring is 1. The minimum absolute atomic E-state index is 0.0359. The molecule has 0 spiro atoms. The van der Waals surface area contributed by atoms with Gasteiger partial charge in [-0.25, -0.2) is 0 Å². The third-order valence-electron chi connectivity index (χ3n) is 4.37. The molecule has 0 aromatic heterocycles.